The van der Waals surface area contributed by atoms with E-state index in [2.05, 4.69) is 35.9 Å². The SMILES string of the molecule is Cc1ccc(N2CCC(C(=O)Nc3ccc(-n4cnnn4)cc3)CC2)nn1. The molecule has 1 aliphatic rings. The fourth-order valence-corrected chi connectivity index (χ4v) is 3.15. The molecule has 0 aliphatic carbocycles. The van der Waals surface area contributed by atoms with Crippen molar-refractivity contribution < 1.29 is 4.79 Å². The Labute approximate surface area is 156 Å². The van der Waals surface area contributed by atoms with Gasteiger partial charge in [0.2, 0.25) is 5.91 Å². The van der Waals surface area contributed by atoms with Gasteiger partial charge in [-0.15, -0.1) is 10.2 Å². The molecule has 3 heterocycles. The van der Waals surface area contributed by atoms with E-state index in [9.17, 15) is 4.79 Å². The minimum Gasteiger partial charge on any atom is -0.355 e. The molecule has 0 radical (unpaired) electrons. The molecule has 4 rings (SSSR count). The van der Waals surface area contributed by atoms with Crippen molar-refractivity contribution in [1.29, 1.82) is 0 Å². The second-order valence-corrected chi connectivity index (χ2v) is 6.58. The lowest BCUT2D eigenvalue weighted by Gasteiger charge is -2.31. The third kappa shape index (κ3) is 3.91. The summed E-state index contributed by atoms with van der Waals surface area (Å²) in [6, 6.07) is 11.4. The van der Waals surface area contributed by atoms with Gasteiger partial charge in [0.25, 0.3) is 0 Å². The Hall–Kier alpha value is -3.36. The predicted octanol–water partition coefficient (Wildman–Crippen LogP) is 1.62. The van der Waals surface area contributed by atoms with Gasteiger partial charge < -0.3 is 10.2 Å². The summed E-state index contributed by atoms with van der Waals surface area (Å²) >= 11 is 0. The fraction of sp³-hybridized carbons (Fsp3) is 0.333. The summed E-state index contributed by atoms with van der Waals surface area (Å²) in [7, 11) is 0. The van der Waals surface area contributed by atoms with Gasteiger partial charge in [-0.3, -0.25) is 4.79 Å². The largest absolute Gasteiger partial charge is 0.355 e. The third-order valence-corrected chi connectivity index (χ3v) is 4.72. The van der Waals surface area contributed by atoms with Crippen LogP contribution in [0.4, 0.5) is 11.5 Å². The van der Waals surface area contributed by atoms with Crippen LogP contribution in [0.25, 0.3) is 5.69 Å². The van der Waals surface area contributed by atoms with Crippen LogP contribution < -0.4 is 10.2 Å². The molecule has 27 heavy (non-hydrogen) atoms. The molecule has 0 spiro atoms. The number of carbonyl (C=O) groups is 1. The maximum Gasteiger partial charge on any atom is 0.227 e. The Morgan fingerprint density at radius 2 is 1.85 bits per heavy atom. The van der Waals surface area contributed by atoms with Gasteiger partial charge in [0, 0.05) is 24.7 Å². The van der Waals surface area contributed by atoms with Gasteiger partial charge in [-0.25, -0.2) is 4.68 Å². The van der Waals surface area contributed by atoms with Crippen LogP contribution >= 0.6 is 0 Å². The minimum atomic E-state index is -0.00107. The Balaban J connectivity index is 1.32. The molecule has 0 bridgehead atoms. The van der Waals surface area contributed by atoms with Crippen molar-refractivity contribution in [1.82, 2.24) is 30.4 Å². The van der Waals surface area contributed by atoms with Crippen LogP contribution in [0.15, 0.2) is 42.7 Å². The van der Waals surface area contributed by atoms with Crippen LogP contribution in [-0.4, -0.2) is 49.4 Å². The first-order valence-corrected chi connectivity index (χ1v) is 8.88. The second kappa shape index (κ2) is 7.48. The van der Waals surface area contributed by atoms with E-state index in [0.29, 0.717) is 0 Å². The molecule has 138 valence electrons. The smallest absolute Gasteiger partial charge is 0.227 e. The monoisotopic (exact) mass is 364 g/mol. The van der Waals surface area contributed by atoms with Crippen molar-refractivity contribution >= 4 is 17.4 Å². The second-order valence-electron chi connectivity index (χ2n) is 6.58. The summed E-state index contributed by atoms with van der Waals surface area (Å²) < 4.78 is 1.56. The van der Waals surface area contributed by atoms with E-state index in [1.807, 2.05) is 43.3 Å². The third-order valence-electron chi connectivity index (χ3n) is 4.72. The molecular formula is C18H20N8O. The first-order chi connectivity index (χ1) is 13.2. The number of nitrogens with zero attached hydrogens (tertiary/aromatic N) is 7. The van der Waals surface area contributed by atoms with Crippen molar-refractivity contribution in [2.45, 2.75) is 19.8 Å². The van der Waals surface area contributed by atoms with Gasteiger partial charge in [0.05, 0.1) is 11.4 Å². The number of rotatable bonds is 4. The Morgan fingerprint density at radius 1 is 1.07 bits per heavy atom. The molecule has 3 aromatic rings. The number of hydrogen-bond acceptors (Lipinski definition) is 7. The molecule has 0 atom stereocenters. The van der Waals surface area contributed by atoms with Crippen molar-refractivity contribution in [2.24, 2.45) is 5.92 Å². The summed E-state index contributed by atoms with van der Waals surface area (Å²) in [5.74, 6) is 0.927. The van der Waals surface area contributed by atoms with Crippen LogP contribution in [-0.2, 0) is 4.79 Å². The molecule has 9 nitrogen and oxygen atoms in total. The number of piperidine rings is 1. The highest BCUT2D eigenvalue weighted by Crippen LogP contribution is 2.23. The Bertz CT molecular complexity index is 884. The number of hydrogen-bond donors (Lipinski definition) is 1. The van der Waals surface area contributed by atoms with Crippen LogP contribution in [0.1, 0.15) is 18.5 Å². The average Bonchev–Trinajstić information content (AvgIpc) is 3.24. The number of aromatic nitrogens is 6. The standard InChI is InChI=1S/C18H20N8O/c1-13-2-7-17(22-21-13)25-10-8-14(9-11-25)18(27)20-15-3-5-16(6-4-15)26-12-19-23-24-26/h2-7,12,14H,8-11H2,1H3,(H,20,27). The van der Waals surface area contributed by atoms with Crippen LogP contribution in [0.2, 0.25) is 0 Å². The van der Waals surface area contributed by atoms with Crippen molar-refractivity contribution in [2.75, 3.05) is 23.3 Å². The summed E-state index contributed by atoms with van der Waals surface area (Å²) in [6.45, 7) is 3.52. The highest BCUT2D eigenvalue weighted by Gasteiger charge is 2.25. The maximum atomic E-state index is 12.6. The zero-order valence-electron chi connectivity index (χ0n) is 15.0. The van der Waals surface area contributed by atoms with Gasteiger partial charge in [-0.05, 0) is 66.6 Å². The minimum absolute atomic E-state index is 0.00107. The van der Waals surface area contributed by atoms with Gasteiger partial charge in [-0.2, -0.15) is 5.10 Å². The fourth-order valence-electron chi connectivity index (χ4n) is 3.15. The van der Waals surface area contributed by atoms with E-state index < -0.39 is 0 Å². The molecule has 1 aliphatic heterocycles. The molecular weight excluding hydrogens is 344 g/mol. The lowest BCUT2D eigenvalue weighted by molar-refractivity contribution is -0.120. The highest BCUT2D eigenvalue weighted by molar-refractivity contribution is 5.92. The average molecular weight is 364 g/mol. The van der Waals surface area contributed by atoms with E-state index in [1.54, 1.807) is 4.68 Å². The van der Waals surface area contributed by atoms with Gasteiger partial charge >= 0.3 is 0 Å². The van der Waals surface area contributed by atoms with Gasteiger partial charge in [0.1, 0.15) is 6.33 Å². The number of amides is 1. The van der Waals surface area contributed by atoms with E-state index in [-0.39, 0.29) is 11.8 Å². The first-order valence-electron chi connectivity index (χ1n) is 8.88. The van der Waals surface area contributed by atoms with Gasteiger partial charge in [-0.1, -0.05) is 0 Å². The van der Waals surface area contributed by atoms with E-state index in [4.69, 9.17) is 0 Å². The maximum absolute atomic E-state index is 12.6. The molecule has 0 unspecified atom stereocenters. The number of benzene rings is 1. The van der Waals surface area contributed by atoms with Crippen LogP contribution in [0.5, 0.6) is 0 Å². The topological polar surface area (TPSA) is 102 Å². The van der Waals surface area contributed by atoms with Crippen LogP contribution in [0.3, 0.4) is 0 Å². The lowest BCUT2D eigenvalue weighted by atomic mass is 9.96. The molecule has 1 aromatic carbocycles. The lowest BCUT2D eigenvalue weighted by Crippen LogP contribution is -2.38. The van der Waals surface area contributed by atoms with Crippen LogP contribution in [0, 0.1) is 12.8 Å². The van der Waals surface area contributed by atoms with Crippen molar-refractivity contribution in [3.05, 3.63) is 48.4 Å². The predicted molar refractivity (Wildman–Crippen MR) is 99.5 cm³/mol. The summed E-state index contributed by atoms with van der Waals surface area (Å²) in [4.78, 5) is 14.8. The number of carbonyl (C=O) groups excluding carboxylic acids is 1. The Morgan fingerprint density at radius 3 is 2.48 bits per heavy atom. The Kier molecular flexibility index (Phi) is 4.73. The molecule has 1 fully saturated rings. The summed E-state index contributed by atoms with van der Waals surface area (Å²) in [5.41, 5.74) is 2.51. The highest BCUT2D eigenvalue weighted by atomic mass is 16.1. The van der Waals surface area contributed by atoms with Crippen molar-refractivity contribution in [3.63, 3.8) is 0 Å². The number of anilines is 2. The van der Waals surface area contributed by atoms with E-state index in [1.165, 1.54) is 6.33 Å². The summed E-state index contributed by atoms with van der Waals surface area (Å²) in [5, 5.41) is 22.4. The molecule has 9 heteroatoms. The molecule has 1 amide bonds. The molecule has 1 saturated heterocycles. The quantitative estimate of drug-likeness (QED) is 0.750. The van der Waals surface area contributed by atoms with E-state index in [0.717, 1.165) is 48.8 Å². The summed E-state index contributed by atoms with van der Waals surface area (Å²) in [6.07, 6.45) is 3.12. The number of tetrazole rings is 1. The zero-order chi connectivity index (χ0) is 18.6. The number of aryl methyl sites for hydroxylation is 1. The first kappa shape index (κ1) is 17.1. The number of nitrogens with one attached hydrogen (secondary N) is 1. The normalized spacial score (nSPS) is 14.9. The molecule has 2 aromatic heterocycles. The van der Waals surface area contributed by atoms with E-state index >= 15 is 0 Å². The van der Waals surface area contributed by atoms with Crippen molar-refractivity contribution in [3.8, 4) is 5.69 Å². The molecule has 0 saturated carbocycles. The zero-order valence-corrected chi connectivity index (χ0v) is 15.0. The molecule has 1 N–H and O–H groups in total. The van der Waals surface area contributed by atoms with Gasteiger partial charge in [0.15, 0.2) is 5.82 Å².